The molecule has 4 atom stereocenters. The fraction of sp³-hybridized carbons (Fsp3) is 0.472. The Morgan fingerprint density at radius 1 is 0.833 bits per heavy atom. The molecule has 2 heterocycles. The Kier molecular flexibility index (Phi) is 15.9. The van der Waals surface area contributed by atoms with Gasteiger partial charge in [0.15, 0.2) is 5.78 Å². The first-order valence-corrected chi connectivity index (χ1v) is 17.1. The number of hydrogen-bond acceptors (Lipinski definition) is 10. The van der Waals surface area contributed by atoms with Crippen molar-refractivity contribution in [2.45, 2.75) is 63.1 Å². The van der Waals surface area contributed by atoms with Gasteiger partial charge in [-0.2, -0.15) is 17.6 Å². The maximum atomic E-state index is 13.6. The van der Waals surface area contributed by atoms with Crippen molar-refractivity contribution >= 4 is 29.4 Å². The molecule has 54 heavy (non-hydrogen) atoms. The van der Waals surface area contributed by atoms with Crippen molar-refractivity contribution in [3.8, 4) is 0 Å². The van der Waals surface area contributed by atoms with E-state index in [-0.39, 0.29) is 38.7 Å². The number of amides is 4. The Hall–Kier alpha value is -4.91. The minimum Gasteiger partial charge on any atom is -0.440 e. The average molecular weight is 766 g/mol. The molecule has 4 amide bonds. The molecule has 18 heteroatoms. The Bertz CT molecular complexity index is 1590. The topological polar surface area (TPSA) is 177 Å². The molecule has 0 bridgehead atoms. The maximum absolute atomic E-state index is 13.6. The van der Waals surface area contributed by atoms with Crippen molar-refractivity contribution in [2.24, 2.45) is 0 Å². The van der Waals surface area contributed by atoms with Crippen LogP contribution in [0.4, 0.5) is 17.6 Å². The van der Waals surface area contributed by atoms with Gasteiger partial charge >= 0.3 is 13.2 Å². The van der Waals surface area contributed by atoms with Crippen molar-refractivity contribution in [1.29, 1.82) is 0 Å². The molecular weight excluding hydrogens is 722 g/mol. The highest BCUT2D eigenvalue weighted by Crippen LogP contribution is 2.29. The number of morpholine rings is 1. The highest BCUT2D eigenvalue weighted by molar-refractivity contribution is 6.02. The molecule has 0 spiro atoms. The van der Waals surface area contributed by atoms with Crippen LogP contribution in [-0.2, 0) is 55.8 Å². The molecule has 0 radical (unpaired) electrons. The summed E-state index contributed by atoms with van der Waals surface area (Å²) in [7, 11) is 0. The van der Waals surface area contributed by atoms with E-state index in [0.29, 0.717) is 31.9 Å². The number of epoxide rings is 1. The number of carbonyl (C=O) groups is 5. The second-order valence-corrected chi connectivity index (χ2v) is 12.7. The predicted molar refractivity (Wildman–Crippen MR) is 183 cm³/mol. The van der Waals surface area contributed by atoms with E-state index < -0.39 is 78.7 Å². The van der Waals surface area contributed by atoms with Crippen LogP contribution in [0.25, 0.3) is 0 Å². The van der Waals surface area contributed by atoms with E-state index in [9.17, 15) is 41.5 Å². The van der Waals surface area contributed by atoms with Crippen molar-refractivity contribution in [3.05, 3.63) is 83.7 Å². The van der Waals surface area contributed by atoms with Crippen molar-refractivity contribution < 1.29 is 60.5 Å². The molecule has 2 aromatic rings. The van der Waals surface area contributed by atoms with E-state index in [0.717, 1.165) is 5.56 Å². The molecule has 2 saturated heterocycles. The largest absolute Gasteiger partial charge is 0.440 e. The Morgan fingerprint density at radius 3 is 2.06 bits per heavy atom. The summed E-state index contributed by atoms with van der Waals surface area (Å²) in [6.07, 6.45) is 0.501. The highest BCUT2D eigenvalue weighted by Gasteiger charge is 2.50. The fourth-order valence-corrected chi connectivity index (χ4v) is 5.44. The molecule has 0 saturated carbocycles. The van der Waals surface area contributed by atoms with E-state index in [1.807, 2.05) is 4.90 Å². The quantitative estimate of drug-likeness (QED) is 0.0630. The second-order valence-electron chi connectivity index (χ2n) is 12.7. The van der Waals surface area contributed by atoms with Crippen LogP contribution in [-0.4, -0.2) is 117 Å². The summed E-state index contributed by atoms with van der Waals surface area (Å²) >= 11 is 0. The second kappa shape index (κ2) is 20.5. The summed E-state index contributed by atoms with van der Waals surface area (Å²) in [6, 6.07) is 13.0. The molecule has 2 aromatic carbocycles. The average Bonchev–Trinajstić information content (AvgIpc) is 3.91. The number of hydrogen-bond donors (Lipinski definition) is 4. The van der Waals surface area contributed by atoms with Gasteiger partial charge in [0.25, 0.3) is 5.91 Å². The molecule has 2 aliphatic heterocycles. The number of rotatable bonds is 21. The lowest BCUT2D eigenvalue weighted by Crippen LogP contribution is -2.57. The number of aryl methyl sites for hydroxylation is 1. The van der Waals surface area contributed by atoms with Crippen molar-refractivity contribution in [3.63, 3.8) is 0 Å². The van der Waals surface area contributed by atoms with Crippen LogP contribution in [0.1, 0.15) is 24.5 Å². The number of nitrogens with one attached hydrogen (secondary N) is 4. The number of Topliss-reactive ketones (excluding diaryl/α,β-unsaturated/α-hetero) is 1. The van der Waals surface area contributed by atoms with Crippen LogP contribution >= 0.6 is 0 Å². The minimum absolute atomic E-state index is 0.0159. The maximum Gasteiger partial charge on any atom is 0.387 e. The van der Waals surface area contributed by atoms with E-state index in [1.54, 1.807) is 60.7 Å². The van der Waals surface area contributed by atoms with Crippen LogP contribution in [0, 0.1) is 0 Å². The van der Waals surface area contributed by atoms with Gasteiger partial charge in [0.2, 0.25) is 17.7 Å². The first-order valence-electron chi connectivity index (χ1n) is 17.1. The van der Waals surface area contributed by atoms with Gasteiger partial charge in [-0.15, -0.1) is 0 Å². The van der Waals surface area contributed by atoms with Gasteiger partial charge in [-0.1, -0.05) is 60.7 Å². The molecule has 2 fully saturated rings. The van der Waals surface area contributed by atoms with Crippen LogP contribution in [0.2, 0.25) is 0 Å². The molecule has 4 N–H and O–H groups in total. The lowest BCUT2D eigenvalue weighted by Gasteiger charge is -2.27. The van der Waals surface area contributed by atoms with Crippen LogP contribution in [0.3, 0.4) is 0 Å². The third kappa shape index (κ3) is 13.8. The van der Waals surface area contributed by atoms with Gasteiger partial charge in [0.05, 0.1) is 39.0 Å². The molecular formula is C36H43F4N5O9. The van der Waals surface area contributed by atoms with Crippen molar-refractivity contribution in [1.82, 2.24) is 26.2 Å². The third-order valence-electron chi connectivity index (χ3n) is 8.50. The first-order chi connectivity index (χ1) is 25.8. The molecule has 0 aromatic heterocycles. The van der Waals surface area contributed by atoms with E-state index in [1.165, 1.54) is 6.92 Å². The van der Waals surface area contributed by atoms with Crippen LogP contribution in [0.15, 0.2) is 72.6 Å². The lowest BCUT2D eigenvalue weighted by molar-refractivity contribution is -0.148. The van der Waals surface area contributed by atoms with Gasteiger partial charge in [0, 0.05) is 13.1 Å². The fourth-order valence-electron chi connectivity index (χ4n) is 5.44. The summed E-state index contributed by atoms with van der Waals surface area (Å²) in [6.45, 7) is -4.66. The monoisotopic (exact) mass is 765 g/mol. The summed E-state index contributed by atoms with van der Waals surface area (Å²) in [5.74, 6) is -4.60. The highest BCUT2D eigenvalue weighted by atomic mass is 19.3. The van der Waals surface area contributed by atoms with E-state index >= 15 is 0 Å². The van der Waals surface area contributed by atoms with E-state index in [4.69, 9.17) is 9.47 Å². The van der Waals surface area contributed by atoms with Crippen molar-refractivity contribution in [2.75, 3.05) is 46.1 Å². The normalized spacial score (nSPS) is 19.0. The Morgan fingerprint density at radius 2 is 1.46 bits per heavy atom. The SMILES string of the molecule is C[C@]1(C(=O)C(Cc2ccccc2)NC(=O)[C@H](COC(F)F)NC(=O)/C(=C\OC(F)F)NC(=O)[C@H](CCc2ccccc2)NC(=O)CN2CCOCC2)CO1. The summed E-state index contributed by atoms with van der Waals surface area (Å²) in [5, 5.41) is 9.31. The smallest absolute Gasteiger partial charge is 0.387 e. The predicted octanol–water partition coefficient (Wildman–Crippen LogP) is 1.44. The standard InChI is InChI=1S/C36H43F4N5O9/c1-36(22-54-36)30(47)26(18-24-10-6-3-7-11-24)42-32(49)27(20-52-34(37)38)44-33(50)28(21-53-35(39)40)43-31(48)25(13-12-23-8-4-2-5-9-23)41-29(46)19-45-14-16-51-17-15-45/h2-11,21,25-27,34-35H,12-20,22H2,1H3,(H,41,46)(H,42,49)(H,43,48)(H,44,50)/b28-21+/t25-,26?,27-,36+/m0/s1. The zero-order valence-corrected chi connectivity index (χ0v) is 29.4. The first kappa shape index (κ1) is 41.8. The Balaban J connectivity index is 1.52. The van der Waals surface area contributed by atoms with Crippen LogP contribution < -0.4 is 21.3 Å². The van der Waals surface area contributed by atoms with Gasteiger partial charge < -0.3 is 40.2 Å². The lowest BCUT2D eigenvalue weighted by atomic mass is 9.94. The number of carbonyl (C=O) groups excluding carboxylic acids is 5. The molecule has 294 valence electrons. The zero-order valence-electron chi connectivity index (χ0n) is 29.4. The number of ketones is 1. The molecule has 14 nitrogen and oxygen atoms in total. The number of halogens is 4. The van der Waals surface area contributed by atoms with Gasteiger partial charge in [-0.25, -0.2) is 0 Å². The minimum atomic E-state index is -3.45. The zero-order chi connectivity index (χ0) is 39.1. The molecule has 0 aliphatic carbocycles. The number of alkyl halides is 4. The van der Waals surface area contributed by atoms with Gasteiger partial charge in [-0.3, -0.25) is 28.9 Å². The summed E-state index contributed by atoms with van der Waals surface area (Å²) < 4.78 is 71.7. The third-order valence-corrected chi connectivity index (χ3v) is 8.50. The summed E-state index contributed by atoms with van der Waals surface area (Å²) in [5.41, 5.74) is -0.697. The molecule has 1 unspecified atom stereocenters. The number of nitrogens with zero attached hydrogens (tertiary/aromatic N) is 1. The Labute approximate surface area is 308 Å². The molecule has 2 aliphatic rings. The van der Waals surface area contributed by atoms with Gasteiger partial charge in [0.1, 0.15) is 29.6 Å². The number of ether oxygens (including phenoxy) is 4. The van der Waals surface area contributed by atoms with Gasteiger partial charge in [-0.05, 0) is 37.3 Å². The number of benzene rings is 2. The van der Waals surface area contributed by atoms with Crippen LogP contribution in [0.5, 0.6) is 0 Å². The molecule has 4 rings (SSSR count). The summed E-state index contributed by atoms with van der Waals surface area (Å²) in [4.78, 5) is 68.7. The van der Waals surface area contributed by atoms with E-state index in [2.05, 4.69) is 30.7 Å².